The summed E-state index contributed by atoms with van der Waals surface area (Å²) in [7, 11) is 0. The number of nitrogens with zero attached hydrogens (tertiary/aromatic N) is 5. The highest BCUT2D eigenvalue weighted by molar-refractivity contribution is 6.31. The average Bonchev–Trinajstić information content (AvgIpc) is 3.61. The number of rotatable bonds is 5. The number of anilines is 1. The second kappa shape index (κ2) is 11.3. The Morgan fingerprint density at radius 1 is 1.00 bits per heavy atom. The maximum Gasteiger partial charge on any atom is 0.242 e. The third kappa shape index (κ3) is 6.15. The predicted octanol–water partition coefficient (Wildman–Crippen LogP) is 4.21. The highest BCUT2D eigenvalue weighted by atomic mass is 35.5. The first-order valence-electron chi connectivity index (χ1n) is 12.7. The first kappa shape index (κ1) is 24.5. The van der Waals surface area contributed by atoms with Crippen LogP contribution in [0.15, 0.2) is 67.3 Å². The van der Waals surface area contributed by atoms with Gasteiger partial charge in [-0.2, -0.15) is 0 Å². The van der Waals surface area contributed by atoms with Crippen molar-refractivity contribution >= 4 is 29.1 Å². The van der Waals surface area contributed by atoms with Gasteiger partial charge in [-0.05, 0) is 42.5 Å². The number of fused-ring (bicyclic) bond motifs is 1. The van der Waals surface area contributed by atoms with Crippen LogP contribution in [0.25, 0.3) is 0 Å². The molecule has 1 fully saturated rings. The fourth-order valence-corrected chi connectivity index (χ4v) is 4.95. The standard InChI is InChI=1S/C28H32ClN5O2/c29-25-10-9-24-19-33(27(35)20-32-14-11-30-21-32)16-15-31(18-22-5-2-1-3-6-22)12-4-13-34(26(24)17-25)28(36)23-7-8-23/h1-3,5-6,9-11,14,17,21,23H,4,7-8,12-13,15-16,18-20H2. The van der Waals surface area contributed by atoms with Crippen molar-refractivity contribution in [2.45, 2.75) is 38.9 Å². The van der Waals surface area contributed by atoms with E-state index in [9.17, 15) is 9.59 Å². The first-order valence-corrected chi connectivity index (χ1v) is 13.0. The van der Waals surface area contributed by atoms with Gasteiger partial charge >= 0.3 is 0 Å². The average molecular weight is 506 g/mol. The van der Waals surface area contributed by atoms with Crippen LogP contribution in [-0.4, -0.2) is 57.3 Å². The van der Waals surface area contributed by atoms with E-state index in [2.05, 4.69) is 34.1 Å². The lowest BCUT2D eigenvalue weighted by Gasteiger charge is -2.28. The molecule has 2 amide bonds. The summed E-state index contributed by atoms with van der Waals surface area (Å²) in [6.07, 6.45) is 7.88. The molecule has 2 heterocycles. The lowest BCUT2D eigenvalue weighted by molar-refractivity contribution is -0.132. The molecule has 1 aromatic heterocycles. The van der Waals surface area contributed by atoms with Crippen LogP contribution in [0, 0.1) is 5.92 Å². The Labute approximate surface area is 217 Å². The van der Waals surface area contributed by atoms with Gasteiger partial charge in [-0.15, -0.1) is 0 Å². The van der Waals surface area contributed by atoms with E-state index < -0.39 is 0 Å². The number of carbonyl (C=O) groups excluding carboxylic acids is 2. The molecule has 5 rings (SSSR count). The van der Waals surface area contributed by atoms with Crippen molar-refractivity contribution in [3.05, 3.63) is 83.4 Å². The van der Waals surface area contributed by atoms with Gasteiger partial charge < -0.3 is 14.4 Å². The van der Waals surface area contributed by atoms with E-state index in [0.29, 0.717) is 24.7 Å². The maximum absolute atomic E-state index is 13.4. The molecule has 0 atom stereocenters. The SMILES string of the molecule is O=C(Cn1ccnc1)N1CCN(Cc2ccccc2)CCCN(C(=O)C2CC2)c2cc(Cl)ccc2C1. The fourth-order valence-electron chi connectivity index (χ4n) is 4.78. The molecule has 188 valence electrons. The largest absolute Gasteiger partial charge is 0.335 e. The van der Waals surface area contributed by atoms with Crippen LogP contribution in [0.5, 0.6) is 0 Å². The molecule has 0 saturated heterocycles. The maximum atomic E-state index is 13.4. The quantitative estimate of drug-likeness (QED) is 0.521. The molecule has 36 heavy (non-hydrogen) atoms. The molecule has 3 aromatic rings. The number of benzene rings is 2. The molecular weight excluding hydrogens is 474 g/mol. The molecule has 0 unspecified atom stereocenters. The molecule has 2 aliphatic rings. The molecule has 0 bridgehead atoms. The number of amides is 2. The Bertz CT molecular complexity index is 1180. The van der Waals surface area contributed by atoms with Crippen LogP contribution in [0.4, 0.5) is 5.69 Å². The van der Waals surface area contributed by atoms with Crippen LogP contribution in [-0.2, 0) is 29.2 Å². The number of carbonyl (C=O) groups is 2. The third-order valence-electron chi connectivity index (χ3n) is 6.91. The van der Waals surface area contributed by atoms with Crippen molar-refractivity contribution in [1.29, 1.82) is 0 Å². The summed E-state index contributed by atoms with van der Waals surface area (Å²) >= 11 is 6.41. The molecule has 0 spiro atoms. The first-order chi connectivity index (χ1) is 17.6. The van der Waals surface area contributed by atoms with Gasteiger partial charge in [0, 0.05) is 62.6 Å². The monoisotopic (exact) mass is 505 g/mol. The number of halogens is 1. The van der Waals surface area contributed by atoms with Crippen LogP contribution in [0.3, 0.4) is 0 Å². The number of aromatic nitrogens is 2. The number of imidazole rings is 1. The van der Waals surface area contributed by atoms with Crippen molar-refractivity contribution in [1.82, 2.24) is 19.4 Å². The molecule has 0 radical (unpaired) electrons. The van der Waals surface area contributed by atoms with E-state index in [1.807, 2.05) is 34.1 Å². The van der Waals surface area contributed by atoms with Crippen molar-refractivity contribution in [2.24, 2.45) is 5.92 Å². The molecule has 8 heteroatoms. The van der Waals surface area contributed by atoms with Gasteiger partial charge in [-0.3, -0.25) is 14.5 Å². The summed E-state index contributed by atoms with van der Waals surface area (Å²) in [5.74, 6) is 0.290. The van der Waals surface area contributed by atoms with Gasteiger partial charge in [0.2, 0.25) is 11.8 Å². The Hall–Kier alpha value is -3.16. The van der Waals surface area contributed by atoms with Crippen molar-refractivity contribution < 1.29 is 9.59 Å². The summed E-state index contributed by atoms with van der Waals surface area (Å²) in [5.41, 5.74) is 3.02. The molecule has 1 aliphatic heterocycles. The van der Waals surface area contributed by atoms with E-state index in [4.69, 9.17) is 11.6 Å². The van der Waals surface area contributed by atoms with Crippen molar-refractivity contribution in [3.63, 3.8) is 0 Å². The second-order valence-electron chi connectivity index (χ2n) is 9.70. The molecule has 7 nitrogen and oxygen atoms in total. The van der Waals surface area contributed by atoms with Gasteiger partial charge in [0.1, 0.15) is 6.54 Å². The van der Waals surface area contributed by atoms with Gasteiger partial charge in [-0.1, -0.05) is 48.0 Å². The zero-order chi connectivity index (χ0) is 24.9. The topological polar surface area (TPSA) is 61.7 Å². The molecule has 1 aliphatic carbocycles. The highest BCUT2D eigenvalue weighted by Crippen LogP contribution is 2.35. The zero-order valence-electron chi connectivity index (χ0n) is 20.4. The Balaban J connectivity index is 1.45. The van der Waals surface area contributed by atoms with Gasteiger partial charge in [0.05, 0.1) is 12.0 Å². The lowest BCUT2D eigenvalue weighted by Crippen LogP contribution is -2.39. The minimum Gasteiger partial charge on any atom is -0.335 e. The van der Waals surface area contributed by atoms with Gasteiger partial charge in [0.25, 0.3) is 0 Å². The number of hydrogen-bond donors (Lipinski definition) is 0. The molecular formula is C28H32ClN5O2. The minimum absolute atomic E-state index is 0.0212. The highest BCUT2D eigenvalue weighted by Gasteiger charge is 2.35. The Morgan fingerprint density at radius 3 is 2.58 bits per heavy atom. The summed E-state index contributed by atoms with van der Waals surface area (Å²) in [5, 5.41) is 0.596. The summed E-state index contributed by atoms with van der Waals surface area (Å²) < 4.78 is 1.79. The number of hydrogen-bond acceptors (Lipinski definition) is 4. The Kier molecular flexibility index (Phi) is 7.68. The van der Waals surface area contributed by atoms with E-state index in [-0.39, 0.29) is 24.3 Å². The van der Waals surface area contributed by atoms with E-state index >= 15 is 0 Å². The van der Waals surface area contributed by atoms with Crippen LogP contribution in [0.2, 0.25) is 5.02 Å². The third-order valence-corrected chi connectivity index (χ3v) is 7.15. The van der Waals surface area contributed by atoms with E-state index in [0.717, 1.165) is 50.1 Å². The van der Waals surface area contributed by atoms with Crippen molar-refractivity contribution in [3.8, 4) is 0 Å². The van der Waals surface area contributed by atoms with E-state index in [1.165, 1.54) is 5.56 Å². The second-order valence-corrected chi connectivity index (χ2v) is 10.1. The molecule has 0 N–H and O–H groups in total. The van der Waals surface area contributed by atoms with Crippen LogP contribution >= 0.6 is 11.6 Å². The van der Waals surface area contributed by atoms with Crippen LogP contribution < -0.4 is 4.90 Å². The summed E-state index contributed by atoms with van der Waals surface area (Å²) in [6.45, 7) is 4.28. The van der Waals surface area contributed by atoms with Crippen molar-refractivity contribution in [2.75, 3.05) is 31.1 Å². The predicted molar refractivity (Wildman–Crippen MR) is 141 cm³/mol. The molecule has 2 aromatic carbocycles. The minimum atomic E-state index is 0.0212. The summed E-state index contributed by atoms with van der Waals surface area (Å²) in [4.78, 5) is 37.1. The van der Waals surface area contributed by atoms with Gasteiger partial charge in [-0.25, -0.2) is 4.98 Å². The smallest absolute Gasteiger partial charge is 0.242 e. The van der Waals surface area contributed by atoms with Crippen LogP contribution in [0.1, 0.15) is 30.4 Å². The molecule has 1 saturated carbocycles. The lowest BCUT2D eigenvalue weighted by atomic mass is 10.1. The zero-order valence-corrected chi connectivity index (χ0v) is 21.2. The fraction of sp³-hybridized carbons (Fsp3) is 0.393. The normalized spacial score (nSPS) is 17.4. The Morgan fingerprint density at radius 2 is 1.83 bits per heavy atom. The van der Waals surface area contributed by atoms with Gasteiger partial charge in [0.15, 0.2) is 0 Å². The van der Waals surface area contributed by atoms with E-state index in [1.54, 1.807) is 23.3 Å². The summed E-state index contributed by atoms with van der Waals surface area (Å²) in [6, 6.07) is 16.1.